The number of unbranched alkanes of at least 4 members (excludes halogenated alkanes) is 1. The molecule has 0 aromatic heterocycles. The summed E-state index contributed by atoms with van der Waals surface area (Å²) in [6.45, 7) is 2.19. The highest BCUT2D eigenvalue weighted by Gasteiger charge is 2.27. The van der Waals surface area contributed by atoms with Gasteiger partial charge in [0.25, 0.3) is 0 Å². The zero-order chi connectivity index (χ0) is 17.4. The Morgan fingerprint density at radius 3 is 2.29 bits per heavy atom. The lowest BCUT2D eigenvalue weighted by Gasteiger charge is -2.18. The van der Waals surface area contributed by atoms with E-state index in [1.54, 1.807) is 0 Å². The van der Waals surface area contributed by atoms with Crippen molar-refractivity contribution in [3.63, 3.8) is 0 Å². The molecule has 0 saturated heterocycles. The Morgan fingerprint density at radius 1 is 1.04 bits per heavy atom. The fraction of sp³-hybridized carbons (Fsp3) is 0.316. The molecular weight excluding hydrogens is 299 g/mol. The first-order valence-corrected chi connectivity index (χ1v) is 8.39. The van der Waals surface area contributed by atoms with Gasteiger partial charge in [-0.3, -0.25) is 4.79 Å². The molecule has 0 heterocycles. The number of carbonyl (C=O) groups excluding carboxylic acids is 1. The molecule has 2 rings (SSSR count). The van der Waals surface area contributed by atoms with E-state index in [1.165, 1.54) is 0 Å². The van der Waals surface area contributed by atoms with Crippen molar-refractivity contribution in [2.24, 2.45) is 11.5 Å². The quantitative estimate of drug-likeness (QED) is 0.563. The Labute approximate surface area is 144 Å². The minimum atomic E-state index is -0.617. The molecule has 2 aromatic rings. The normalized spacial score (nSPS) is 11.8. The standard InChI is InChI=1S/C19H25BN2O2/c1-15-10-12-17(13-11-15)20(16-7-3-2-4-8-16)24-19(23)18(22)9-5-6-14-21/h2-4,7-8,10-13,18H,5-6,9,14,21-22H2,1H3. The van der Waals surface area contributed by atoms with Gasteiger partial charge in [-0.1, -0.05) is 66.6 Å². The van der Waals surface area contributed by atoms with Crippen LogP contribution in [0.3, 0.4) is 0 Å². The van der Waals surface area contributed by atoms with E-state index < -0.39 is 13.0 Å². The van der Waals surface area contributed by atoms with Gasteiger partial charge in [-0.2, -0.15) is 0 Å². The van der Waals surface area contributed by atoms with Crippen molar-refractivity contribution in [2.75, 3.05) is 6.54 Å². The molecule has 5 heteroatoms. The van der Waals surface area contributed by atoms with Crippen molar-refractivity contribution < 1.29 is 9.45 Å². The fourth-order valence-corrected chi connectivity index (χ4v) is 2.53. The summed E-state index contributed by atoms with van der Waals surface area (Å²) in [6.07, 6.45) is 2.28. The summed E-state index contributed by atoms with van der Waals surface area (Å²) in [5.74, 6) is -0.374. The van der Waals surface area contributed by atoms with Crippen LogP contribution >= 0.6 is 0 Å². The van der Waals surface area contributed by atoms with Gasteiger partial charge in [0.05, 0.1) is 0 Å². The maximum absolute atomic E-state index is 12.4. The van der Waals surface area contributed by atoms with Crippen molar-refractivity contribution >= 4 is 23.8 Å². The van der Waals surface area contributed by atoms with E-state index in [0.29, 0.717) is 13.0 Å². The van der Waals surface area contributed by atoms with Crippen LogP contribution in [0.2, 0.25) is 0 Å². The summed E-state index contributed by atoms with van der Waals surface area (Å²) in [5, 5.41) is 0. The second kappa shape index (κ2) is 9.25. The highest BCUT2D eigenvalue weighted by Crippen LogP contribution is 2.03. The van der Waals surface area contributed by atoms with Gasteiger partial charge < -0.3 is 16.1 Å². The van der Waals surface area contributed by atoms with Crippen LogP contribution in [0, 0.1) is 6.92 Å². The molecule has 0 aliphatic heterocycles. The van der Waals surface area contributed by atoms with Crippen LogP contribution in [0.25, 0.3) is 0 Å². The summed E-state index contributed by atoms with van der Waals surface area (Å²) in [6, 6.07) is 17.1. The number of benzene rings is 2. The summed E-state index contributed by atoms with van der Waals surface area (Å²) >= 11 is 0. The lowest BCUT2D eigenvalue weighted by atomic mass is 9.55. The van der Waals surface area contributed by atoms with Gasteiger partial charge in [-0.25, -0.2) is 0 Å². The van der Waals surface area contributed by atoms with Gasteiger partial charge in [0, 0.05) is 0 Å². The van der Waals surface area contributed by atoms with Gasteiger partial charge in [-0.15, -0.1) is 0 Å². The first-order chi connectivity index (χ1) is 11.6. The van der Waals surface area contributed by atoms with Crippen LogP contribution in [-0.2, 0) is 9.45 Å². The minimum absolute atomic E-state index is 0.374. The predicted octanol–water partition coefficient (Wildman–Crippen LogP) is 1.10. The Balaban J connectivity index is 2.14. The van der Waals surface area contributed by atoms with Crippen LogP contribution in [0.15, 0.2) is 54.6 Å². The first kappa shape index (κ1) is 18.2. The molecule has 0 aliphatic rings. The Morgan fingerprint density at radius 2 is 1.67 bits per heavy atom. The summed E-state index contributed by atoms with van der Waals surface area (Å²) in [7, 11) is 0. The highest BCUT2D eigenvalue weighted by molar-refractivity contribution is 6.81. The fourth-order valence-electron chi connectivity index (χ4n) is 2.53. The number of hydrogen-bond donors (Lipinski definition) is 2. The summed E-state index contributed by atoms with van der Waals surface area (Å²) < 4.78 is 5.76. The molecule has 1 unspecified atom stereocenters. The van der Waals surface area contributed by atoms with Gasteiger partial charge in [-0.05, 0) is 37.2 Å². The zero-order valence-electron chi connectivity index (χ0n) is 14.2. The van der Waals surface area contributed by atoms with Crippen molar-refractivity contribution in [3.8, 4) is 0 Å². The number of rotatable bonds is 8. The smallest absolute Gasteiger partial charge is 0.429 e. The topological polar surface area (TPSA) is 78.3 Å². The van der Waals surface area contributed by atoms with Crippen LogP contribution in [-0.4, -0.2) is 25.5 Å². The summed E-state index contributed by atoms with van der Waals surface area (Å²) in [4.78, 5) is 12.4. The van der Waals surface area contributed by atoms with E-state index >= 15 is 0 Å². The molecule has 0 saturated carbocycles. The predicted molar refractivity (Wildman–Crippen MR) is 99.6 cm³/mol. The number of hydrogen-bond acceptors (Lipinski definition) is 4. The van der Waals surface area contributed by atoms with Crippen LogP contribution in [0.5, 0.6) is 0 Å². The van der Waals surface area contributed by atoms with E-state index in [0.717, 1.165) is 29.3 Å². The number of carbonyl (C=O) groups is 1. The first-order valence-electron chi connectivity index (χ1n) is 8.39. The third kappa shape index (κ3) is 5.22. The van der Waals surface area contributed by atoms with Crippen molar-refractivity contribution in [1.82, 2.24) is 0 Å². The lowest BCUT2D eigenvalue weighted by Crippen LogP contribution is -2.49. The Bertz CT molecular complexity index is 632. The van der Waals surface area contributed by atoms with Gasteiger partial charge >= 0.3 is 12.9 Å². The number of nitrogens with two attached hydrogens (primary N) is 2. The largest absolute Gasteiger partial charge is 0.525 e. The van der Waals surface area contributed by atoms with Gasteiger partial charge in [0.15, 0.2) is 0 Å². The average molecular weight is 324 g/mol. The maximum atomic E-state index is 12.4. The molecule has 24 heavy (non-hydrogen) atoms. The summed E-state index contributed by atoms with van der Waals surface area (Å²) in [5.41, 5.74) is 14.5. The Hall–Kier alpha value is -2.11. The molecule has 0 amide bonds. The van der Waals surface area contributed by atoms with Gasteiger partial charge in [0.2, 0.25) is 0 Å². The molecule has 4 N–H and O–H groups in total. The van der Waals surface area contributed by atoms with Crippen LogP contribution in [0.4, 0.5) is 0 Å². The molecule has 0 aliphatic carbocycles. The molecule has 0 bridgehead atoms. The average Bonchev–Trinajstić information content (AvgIpc) is 2.61. The van der Waals surface area contributed by atoms with E-state index in [-0.39, 0.29) is 5.97 Å². The highest BCUT2D eigenvalue weighted by atomic mass is 16.5. The Kier molecular flexibility index (Phi) is 7.03. The molecule has 126 valence electrons. The second-order valence-corrected chi connectivity index (χ2v) is 6.03. The molecular formula is C19H25BN2O2. The second-order valence-electron chi connectivity index (χ2n) is 6.03. The third-order valence-corrected chi connectivity index (χ3v) is 3.99. The van der Waals surface area contributed by atoms with E-state index in [2.05, 4.69) is 0 Å². The maximum Gasteiger partial charge on any atom is 0.429 e. The molecule has 4 nitrogen and oxygen atoms in total. The molecule has 0 spiro atoms. The van der Waals surface area contributed by atoms with Crippen LogP contribution in [0.1, 0.15) is 24.8 Å². The molecule has 1 atom stereocenters. The zero-order valence-corrected chi connectivity index (χ0v) is 14.2. The monoisotopic (exact) mass is 324 g/mol. The molecule has 0 fully saturated rings. The van der Waals surface area contributed by atoms with E-state index in [9.17, 15) is 4.79 Å². The van der Waals surface area contributed by atoms with Crippen molar-refractivity contribution in [2.45, 2.75) is 32.2 Å². The molecule has 0 radical (unpaired) electrons. The number of aryl methyl sites for hydroxylation is 1. The SMILES string of the molecule is Cc1ccc(B(OC(=O)C(N)CCCCN)c2ccccc2)cc1. The van der Waals surface area contributed by atoms with Crippen molar-refractivity contribution in [1.29, 1.82) is 0 Å². The van der Waals surface area contributed by atoms with Crippen molar-refractivity contribution in [3.05, 3.63) is 60.2 Å². The van der Waals surface area contributed by atoms with E-state index in [4.69, 9.17) is 16.1 Å². The molecule has 2 aromatic carbocycles. The van der Waals surface area contributed by atoms with E-state index in [1.807, 2.05) is 61.5 Å². The van der Waals surface area contributed by atoms with Gasteiger partial charge in [0.1, 0.15) is 6.04 Å². The lowest BCUT2D eigenvalue weighted by molar-refractivity contribution is -0.136. The minimum Gasteiger partial charge on any atom is -0.525 e. The third-order valence-electron chi connectivity index (χ3n) is 3.99. The van der Waals surface area contributed by atoms with Crippen LogP contribution < -0.4 is 22.4 Å².